The average Bonchev–Trinajstić information content (AvgIpc) is 2.62. The van der Waals surface area contributed by atoms with Crippen LogP contribution in [-0.2, 0) is 9.59 Å². The molecule has 8 nitrogen and oxygen atoms in total. The fraction of sp³-hybridized carbons (Fsp3) is 0.529. The minimum Gasteiger partial charge on any atom is -0.497 e. The smallest absolute Gasteiger partial charge is 0.321 e. The summed E-state index contributed by atoms with van der Waals surface area (Å²) < 4.78 is 5.06. The highest BCUT2D eigenvalue weighted by molar-refractivity contribution is 5.94. The van der Waals surface area contributed by atoms with Gasteiger partial charge in [0.2, 0.25) is 5.91 Å². The molecule has 0 saturated carbocycles. The van der Waals surface area contributed by atoms with Gasteiger partial charge in [0, 0.05) is 45.0 Å². The molecule has 2 rings (SSSR count). The molecular weight excluding hydrogens is 324 g/mol. The Morgan fingerprint density at radius 2 is 1.96 bits per heavy atom. The fourth-order valence-electron chi connectivity index (χ4n) is 2.65. The summed E-state index contributed by atoms with van der Waals surface area (Å²) in [7, 11) is 1.57. The van der Waals surface area contributed by atoms with Crippen LogP contribution in [0.1, 0.15) is 6.42 Å². The lowest BCUT2D eigenvalue weighted by atomic mass is 10.2. The highest BCUT2D eigenvalue weighted by Crippen LogP contribution is 2.15. The largest absolute Gasteiger partial charge is 0.497 e. The van der Waals surface area contributed by atoms with E-state index in [1.165, 1.54) is 0 Å². The second kappa shape index (κ2) is 9.97. The monoisotopic (exact) mass is 350 g/mol. The van der Waals surface area contributed by atoms with E-state index in [-0.39, 0.29) is 12.3 Å². The number of methoxy groups -OCH3 is 1. The zero-order valence-electron chi connectivity index (χ0n) is 14.5. The van der Waals surface area contributed by atoms with Gasteiger partial charge in [-0.3, -0.25) is 14.5 Å². The maximum atomic E-state index is 12.1. The predicted octanol–water partition coefficient (Wildman–Crippen LogP) is -0.0282. The van der Waals surface area contributed by atoms with Gasteiger partial charge in [0.25, 0.3) is 0 Å². The van der Waals surface area contributed by atoms with E-state index in [1.807, 2.05) is 0 Å². The van der Waals surface area contributed by atoms with Crippen LogP contribution in [0.15, 0.2) is 24.3 Å². The number of anilines is 1. The summed E-state index contributed by atoms with van der Waals surface area (Å²) in [5.41, 5.74) is 0.607. The van der Waals surface area contributed by atoms with Crippen LogP contribution in [-0.4, -0.2) is 74.3 Å². The van der Waals surface area contributed by atoms with Crippen molar-refractivity contribution in [3.63, 3.8) is 0 Å². The van der Waals surface area contributed by atoms with Crippen LogP contribution in [0.3, 0.4) is 0 Å². The van der Waals surface area contributed by atoms with Crippen LogP contribution in [0.2, 0.25) is 0 Å². The van der Waals surface area contributed by atoms with Crippen LogP contribution in [0, 0.1) is 0 Å². The number of aliphatic carboxylic acids is 1. The number of ether oxygens (including phenoxy) is 1. The average molecular weight is 350 g/mol. The van der Waals surface area contributed by atoms with Crippen LogP contribution in [0.4, 0.5) is 5.69 Å². The summed E-state index contributed by atoms with van der Waals surface area (Å²) in [5.74, 6) is -0.673. The highest BCUT2D eigenvalue weighted by Gasteiger charge is 2.21. The summed E-state index contributed by atoms with van der Waals surface area (Å²) in [6.45, 7) is 5.12. The number of carbonyl (C=O) groups excluding carboxylic acids is 1. The molecule has 1 aromatic rings. The fourth-order valence-corrected chi connectivity index (χ4v) is 2.65. The Bertz CT molecular complexity index is 558. The molecule has 25 heavy (non-hydrogen) atoms. The minimum absolute atomic E-state index is 0.122. The number of carboxylic acid groups (broad SMARTS) is 1. The zero-order valence-corrected chi connectivity index (χ0v) is 14.5. The minimum atomic E-state index is -1.02. The third-order valence-electron chi connectivity index (χ3n) is 4.09. The Balaban J connectivity index is 1.76. The third-order valence-corrected chi connectivity index (χ3v) is 4.09. The molecule has 1 fully saturated rings. The van der Waals surface area contributed by atoms with Crippen molar-refractivity contribution in [2.45, 2.75) is 12.5 Å². The molecule has 0 unspecified atom stereocenters. The number of hydrogen-bond acceptors (Lipinski definition) is 6. The van der Waals surface area contributed by atoms with Crippen molar-refractivity contribution in [2.75, 3.05) is 51.7 Å². The van der Waals surface area contributed by atoms with Gasteiger partial charge in [-0.25, -0.2) is 0 Å². The Morgan fingerprint density at radius 3 is 2.56 bits per heavy atom. The number of piperazine rings is 1. The van der Waals surface area contributed by atoms with Gasteiger partial charge in [-0.2, -0.15) is 0 Å². The first-order valence-electron chi connectivity index (χ1n) is 8.41. The summed E-state index contributed by atoms with van der Waals surface area (Å²) in [6.07, 6.45) is -0.122. The van der Waals surface area contributed by atoms with Gasteiger partial charge >= 0.3 is 5.97 Å². The lowest BCUT2D eigenvalue weighted by Crippen LogP contribution is -2.48. The van der Waals surface area contributed by atoms with E-state index in [9.17, 15) is 14.7 Å². The maximum Gasteiger partial charge on any atom is 0.321 e. The number of hydrogen-bond donors (Lipinski definition) is 4. The molecule has 1 amide bonds. The van der Waals surface area contributed by atoms with Crippen LogP contribution in [0.25, 0.3) is 0 Å². The Labute approximate surface area is 147 Å². The molecule has 4 N–H and O–H groups in total. The van der Waals surface area contributed by atoms with Crippen molar-refractivity contribution in [1.29, 1.82) is 0 Å². The molecule has 0 radical (unpaired) electrons. The van der Waals surface area contributed by atoms with E-state index in [0.29, 0.717) is 18.0 Å². The number of benzene rings is 1. The first-order valence-corrected chi connectivity index (χ1v) is 8.41. The van der Waals surface area contributed by atoms with Crippen LogP contribution >= 0.6 is 0 Å². The number of carboxylic acids is 1. The quantitative estimate of drug-likeness (QED) is 0.496. The molecule has 1 saturated heterocycles. The second-order valence-corrected chi connectivity index (χ2v) is 5.92. The van der Waals surface area contributed by atoms with E-state index < -0.39 is 12.0 Å². The number of nitrogens with zero attached hydrogens (tertiary/aromatic N) is 1. The van der Waals surface area contributed by atoms with Gasteiger partial charge in [-0.05, 0) is 24.3 Å². The molecule has 1 heterocycles. The summed E-state index contributed by atoms with van der Waals surface area (Å²) in [5, 5.41) is 18.2. The molecular formula is C17H26N4O4. The van der Waals surface area contributed by atoms with Gasteiger partial charge in [0.1, 0.15) is 11.8 Å². The van der Waals surface area contributed by atoms with Gasteiger partial charge in [0.05, 0.1) is 13.5 Å². The highest BCUT2D eigenvalue weighted by atomic mass is 16.5. The first-order chi connectivity index (χ1) is 12.1. The van der Waals surface area contributed by atoms with Crippen LogP contribution in [0.5, 0.6) is 5.75 Å². The van der Waals surface area contributed by atoms with E-state index in [0.717, 1.165) is 32.7 Å². The van der Waals surface area contributed by atoms with Crippen LogP contribution < -0.4 is 20.7 Å². The van der Waals surface area contributed by atoms with Gasteiger partial charge in [-0.1, -0.05) is 0 Å². The summed E-state index contributed by atoms with van der Waals surface area (Å²) >= 11 is 0. The summed E-state index contributed by atoms with van der Waals surface area (Å²) in [6, 6.07) is 5.99. The maximum absolute atomic E-state index is 12.1. The summed E-state index contributed by atoms with van der Waals surface area (Å²) in [4.78, 5) is 25.7. The Morgan fingerprint density at radius 1 is 1.28 bits per heavy atom. The molecule has 1 aliphatic heterocycles. The predicted molar refractivity (Wildman–Crippen MR) is 95.0 cm³/mol. The molecule has 0 aliphatic carbocycles. The molecule has 1 atom stereocenters. The third kappa shape index (κ3) is 6.69. The number of rotatable bonds is 9. The lowest BCUT2D eigenvalue weighted by Gasteiger charge is -2.27. The van der Waals surface area contributed by atoms with Crippen molar-refractivity contribution in [3.05, 3.63) is 24.3 Å². The van der Waals surface area contributed by atoms with E-state index >= 15 is 0 Å². The Hall–Kier alpha value is -2.16. The van der Waals surface area contributed by atoms with Crippen molar-refractivity contribution >= 4 is 17.6 Å². The number of amides is 1. The van der Waals surface area contributed by atoms with Gasteiger partial charge in [0.15, 0.2) is 0 Å². The first kappa shape index (κ1) is 19.2. The lowest BCUT2D eigenvalue weighted by molar-refractivity contribution is -0.141. The van der Waals surface area contributed by atoms with Crippen molar-refractivity contribution < 1.29 is 19.4 Å². The molecule has 0 aromatic heterocycles. The normalized spacial score (nSPS) is 16.2. The van der Waals surface area contributed by atoms with Crippen molar-refractivity contribution in [2.24, 2.45) is 0 Å². The van der Waals surface area contributed by atoms with Crippen molar-refractivity contribution in [1.82, 2.24) is 15.5 Å². The second-order valence-electron chi connectivity index (χ2n) is 5.92. The molecule has 0 spiro atoms. The van der Waals surface area contributed by atoms with Gasteiger partial charge < -0.3 is 25.8 Å². The van der Waals surface area contributed by atoms with Gasteiger partial charge in [-0.15, -0.1) is 0 Å². The molecule has 8 heteroatoms. The molecule has 1 aliphatic rings. The standard InChI is InChI=1S/C17H26N4O4/c1-25-14-4-2-13(3-5-14)20-16(22)12-15(17(23)24)19-8-11-21-9-6-18-7-10-21/h2-5,15,18-19H,6-12H2,1H3,(H,20,22)(H,23,24)/t15-/m1/s1. The SMILES string of the molecule is COc1ccc(NC(=O)C[C@@H](NCCN2CCNCC2)C(=O)O)cc1. The number of nitrogens with one attached hydrogen (secondary N) is 3. The number of carbonyl (C=O) groups is 2. The van der Waals surface area contributed by atoms with E-state index in [2.05, 4.69) is 20.9 Å². The topological polar surface area (TPSA) is 103 Å². The van der Waals surface area contributed by atoms with Crippen molar-refractivity contribution in [3.8, 4) is 5.75 Å². The zero-order chi connectivity index (χ0) is 18.1. The Kier molecular flexibility index (Phi) is 7.65. The molecule has 1 aromatic carbocycles. The van der Waals surface area contributed by atoms with E-state index in [4.69, 9.17) is 4.74 Å². The van der Waals surface area contributed by atoms with E-state index in [1.54, 1.807) is 31.4 Å². The molecule has 138 valence electrons. The molecule has 0 bridgehead atoms.